The minimum absolute atomic E-state index is 0.239. The van der Waals surface area contributed by atoms with E-state index < -0.39 is 6.10 Å². The van der Waals surface area contributed by atoms with Crippen molar-refractivity contribution in [3.63, 3.8) is 0 Å². The van der Waals surface area contributed by atoms with Crippen LogP contribution in [0, 0.1) is 0 Å². The second-order valence-electron chi connectivity index (χ2n) is 3.79. The average Bonchev–Trinajstić information content (AvgIpc) is 3.04. The number of amides is 1. The molecule has 0 saturated carbocycles. The fourth-order valence-electron chi connectivity index (χ4n) is 1.34. The van der Waals surface area contributed by atoms with E-state index in [1.165, 1.54) is 11.3 Å². The fourth-order valence-corrected chi connectivity index (χ4v) is 2.10. The van der Waals surface area contributed by atoms with E-state index in [-0.39, 0.29) is 12.5 Å². The van der Waals surface area contributed by atoms with Gasteiger partial charge >= 0.3 is 0 Å². The lowest BCUT2D eigenvalue weighted by molar-refractivity contribution is 0.0910. The minimum atomic E-state index is -0.517. The number of aromatic nitrogens is 1. The standard InChI is InChI=1S/C12H14N2O3S/c1-2-8(15)6-13-11(16)9-7-18-12(14-9)10-4-3-5-17-10/h3-5,7-8,15H,2,6H2,1H3,(H,13,16). The quantitative estimate of drug-likeness (QED) is 0.866. The van der Waals surface area contributed by atoms with Gasteiger partial charge in [0.2, 0.25) is 0 Å². The summed E-state index contributed by atoms with van der Waals surface area (Å²) in [6.45, 7) is 2.09. The Morgan fingerprint density at radius 1 is 1.67 bits per heavy atom. The SMILES string of the molecule is CCC(O)CNC(=O)c1csc(-c2ccco2)n1. The van der Waals surface area contributed by atoms with Crippen LogP contribution in [0.25, 0.3) is 10.8 Å². The molecule has 0 bridgehead atoms. The first-order valence-electron chi connectivity index (χ1n) is 5.66. The molecule has 1 atom stereocenters. The summed E-state index contributed by atoms with van der Waals surface area (Å²) in [5.41, 5.74) is 0.342. The zero-order chi connectivity index (χ0) is 13.0. The molecule has 0 aliphatic rings. The summed E-state index contributed by atoms with van der Waals surface area (Å²) in [5, 5.41) is 14.3. The minimum Gasteiger partial charge on any atom is -0.462 e. The molecule has 96 valence electrons. The topological polar surface area (TPSA) is 75.4 Å². The monoisotopic (exact) mass is 266 g/mol. The smallest absolute Gasteiger partial charge is 0.270 e. The van der Waals surface area contributed by atoms with Crippen LogP contribution in [0.1, 0.15) is 23.8 Å². The maximum absolute atomic E-state index is 11.7. The van der Waals surface area contributed by atoms with Gasteiger partial charge in [0.1, 0.15) is 5.69 Å². The number of hydrogen-bond donors (Lipinski definition) is 2. The van der Waals surface area contributed by atoms with Crippen molar-refractivity contribution >= 4 is 17.2 Å². The lowest BCUT2D eigenvalue weighted by atomic mass is 10.3. The molecule has 18 heavy (non-hydrogen) atoms. The van der Waals surface area contributed by atoms with Crippen LogP contribution >= 0.6 is 11.3 Å². The lowest BCUT2D eigenvalue weighted by Crippen LogP contribution is -2.31. The van der Waals surface area contributed by atoms with E-state index in [2.05, 4.69) is 10.3 Å². The zero-order valence-electron chi connectivity index (χ0n) is 9.92. The van der Waals surface area contributed by atoms with E-state index in [9.17, 15) is 9.90 Å². The molecule has 2 N–H and O–H groups in total. The van der Waals surface area contributed by atoms with Crippen LogP contribution in [0.2, 0.25) is 0 Å². The van der Waals surface area contributed by atoms with Crippen LogP contribution in [-0.2, 0) is 0 Å². The summed E-state index contributed by atoms with van der Waals surface area (Å²) in [7, 11) is 0. The first-order valence-corrected chi connectivity index (χ1v) is 6.54. The van der Waals surface area contributed by atoms with Crippen molar-refractivity contribution in [2.75, 3.05) is 6.54 Å². The summed E-state index contributed by atoms with van der Waals surface area (Å²) in [6.07, 6.45) is 1.65. The zero-order valence-corrected chi connectivity index (χ0v) is 10.7. The average molecular weight is 266 g/mol. The van der Waals surface area contributed by atoms with E-state index in [1.807, 2.05) is 6.92 Å². The predicted molar refractivity (Wildman–Crippen MR) is 68.4 cm³/mol. The number of thiazole rings is 1. The third-order valence-electron chi connectivity index (χ3n) is 2.44. The molecular formula is C12H14N2O3S. The third-order valence-corrected chi connectivity index (χ3v) is 3.30. The molecule has 0 spiro atoms. The van der Waals surface area contributed by atoms with E-state index in [0.29, 0.717) is 22.9 Å². The fraction of sp³-hybridized carbons (Fsp3) is 0.333. The van der Waals surface area contributed by atoms with Crippen molar-refractivity contribution < 1.29 is 14.3 Å². The largest absolute Gasteiger partial charge is 0.462 e. The van der Waals surface area contributed by atoms with Crippen LogP contribution in [0.4, 0.5) is 0 Å². The Hall–Kier alpha value is -1.66. The molecule has 0 saturated heterocycles. The van der Waals surface area contributed by atoms with Crippen LogP contribution in [-0.4, -0.2) is 28.6 Å². The first kappa shape index (κ1) is 12.8. The Bertz CT molecular complexity index is 507. The molecule has 0 aliphatic carbocycles. The summed E-state index contributed by atoms with van der Waals surface area (Å²) in [5.74, 6) is 0.365. The first-order chi connectivity index (χ1) is 8.70. The van der Waals surface area contributed by atoms with E-state index >= 15 is 0 Å². The van der Waals surface area contributed by atoms with E-state index in [1.54, 1.807) is 23.8 Å². The highest BCUT2D eigenvalue weighted by Crippen LogP contribution is 2.23. The van der Waals surface area contributed by atoms with Crippen molar-refractivity contribution in [3.8, 4) is 10.8 Å². The van der Waals surface area contributed by atoms with Crippen molar-refractivity contribution in [3.05, 3.63) is 29.5 Å². The van der Waals surface area contributed by atoms with Gasteiger partial charge in [0.05, 0.1) is 12.4 Å². The van der Waals surface area contributed by atoms with Gasteiger partial charge in [-0.05, 0) is 18.6 Å². The van der Waals surface area contributed by atoms with Crippen molar-refractivity contribution in [2.24, 2.45) is 0 Å². The van der Waals surface area contributed by atoms with Gasteiger partial charge in [-0.1, -0.05) is 6.92 Å². The van der Waals surface area contributed by atoms with Gasteiger partial charge in [-0.15, -0.1) is 11.3 Å². The molecule has 0 aromatic carbocycles. The Morgan fingerprint density at radius 3 is 3.17 bits per heavy atom. The van der Waals surface area contributed by atoms with Crippen molar-refractivity contribution in [1.82, 2.24) is 10.3 Å². The number of furan rings is 1. The number of nitrogens with zero attached hydrogens (tertiary/aromatic N) is 1. The molecule has 2 aromatic rings. The highest BCUT2D eigenvalue weighted by atomic mass is 32.1. The lowest BCUT2D eigenvalue weighted by Gasteiger charge is -2.07. The van der Waals surface area contributed by atoms with Gasteiger partial charge in [0.25, 0.3) is 5.91 Å². The van der Waals surface area contributed by atoms with Gasteiger partial charge in [0, 0.05) is 11.9 Å². The normalized spacial score (nSPS) is 12.3. The number of carbonyl (C=O) groups is 1. The molecule has 0 fully saturated rings. The molecule has 1 unspecified atom stereocenters. The molecule has 2 rings (SSSR count). The summed E-state index contributed by atoms with van der Waals surface area (Å²) >= 11 is 1.35. The highest BCUT2D eigenvalue weighted by molar-refractivity contribution is 7.13. The van der Waals surface area contributed by atoms with Crippen LogP contribution in [0.15, 0.2) is 28.2 Å². The van der Waals surface area contributed by atoms with Crippen LogP contribution < -0.4 is 5.32 Å². The number of carbonyl (C=O) groups excluding carboxylic acids is 1. The molecule has 0 radical (unpaired) electrons. The Labute approximate surface area is 108 Å². The molecule has 2 aromatic heterocycles. The van der Waals surface area contributed by atoms with Gasteiger partial charge in [-0.3, -0.25) is 4.79 Å². The molecule has 6 heteroatoms. The maximum atomic E-state index is 11.7. The summed E-state index contributed by atoms with van der Waals surface area (Å²) in [6, 6.07) is 3.56. The number of aliphatic hydroxyl groups is 1. The second-order valence-corrected chi connectivity index (χ2v) is 4.65. The molecular weight excluding hydrogens is 252 g/mol. The van der Waals surface area contributed by atoms with Gasteiger partial charge < -0.3 is 14.8 Å². The number of aliphatic hydroxyl groups excluding tert-OH is 1. The van der Waals surface area contributed by atoms with Crippen molar-refractivity contribution in [2.45, 2.75) is 19.4 Å². The molecule has 2 heterocycles. The number of nitrogens with one attached hydrogen (secondary N) is 1. The molecule has 5 nitrogen and oxygen atoms in total. The van der Waals surface area contributed by atoms with Gasteiger partial charge in [0.15, 0.2) is 10.8 Å². The van der Waals surface area contributed by atoms with Crippen LogP contribution in [0.5, 0.6) is 0 Å². The Kier molecular flexibility index (Phi) is 4.11. The summed E-state index contributed by atoms with van der Waals surface area (Å²) in [4.78, 5) is 15.9. The highest BCUT2D eigenvalue weighted by Gasteiger charge is 2.13. The third kappa shape index (κ3) is 2.96. The second kappa shape index (κ2) is 5.79. The predicted octanol–water partition coefficient (Wildman–Crippen LogP) is 1.90. The number of hydrogen-bond acceptors (Lipinski definition) is 5. The van der Waals surface area contributed by atoms with Crippen LogP contribution in [0.3, 0.4) is 0 Å². The van der Waals surface area contributed by atoms with Gasteiger partial charge in [-0.25, -0.2) is 4.98 Å². The van der Waals surface area contributed by atoms with Crippen molar-refractivity contribution in [1.29, 1.82) is 0 Å². The maximum Gasteiger partial charge on any atom is 0.270 e. The van der Waals surface area contributed by atoms with E-state index in [4.69, 9.17) is 4.42 Å². The van der Waals surface area contributed by atoms with E-state index in [0.717, 1.165) is 0 Å². The van der Waals surface area contributed by atoms with Gasteiger partial charge in [-0.2, -0.15) is 0 Å². The molecule has 0 aliphatic heterocycles. The Balaban J connectivity index is 1.99. The Morgan fingerprint density at radius 2 is 2.50 bits per heavy atom. The molecule has 1 amide bonds. The number of rotatable bonds is 5. The summed E-state index contributed by atoms with van der Waals surface area (Å²) < 4.78 is 5.20.